The Morgan fingerprint density at radius 1 is 1.00 bits per heavy atom. The molecule has 0 saturated carbocycles. The molecular formula is C17H16O3. The van der Waals surface area contributed by atoms with Crippen LogP contribution < -0.4 is 0 Å². The summed E-state index contributed by atoms with van der Waals surface area (Å²) in [6.07, 6.45) is 3.32. The van der Waals surface area contributed by atoms with Crippen LogP contribution in [0.3, 0.4) is 0 Å². The average Bonchev–Trinajstić information content (AvgIpc) is 2.52. The fourth-order valence-corrected chi connectivity index (χ4v) is 1.75. The molecule has 0 aromatic heterocycles. The van der Waals surface area contributed by atoms with Crippen LogP contribution >= 0.6 is 0 Å². The first-order chi connectivity index (χ1) is 9.81. The molecule has 1 N–H and O–H groups in total. The molecule has 2 aromatic rings. The van der Waals surface area contributed by atoms with Crippen LogP contribution in [0.25, 0.3) is 6.08 Å². The smallest absolute Gasteiger partial charge is 0.193 e. The lowest BCUT2D eigenvalue weighted by Gasteiger charge is -2.02. The van der Waals surface area contributed by atoms with Crippen molar-refractivity contribution in [3.8, 4) is 0 Å². The van der Waals surface area contributed by atoms with E-state index in [-0.39, 0.29) is 19.0 Å². The van der Waals surface area contributed by atoms with E-state index < -0.39 is 0 Å². The van der Waals surface area contributed by atoms with E-state index in [1.807, 2.05) is 30.3 Å². The predicted molar refractivity (Wildman–Crippen MR) is 78.4 cm³/mol. The van der Waals surface area contributed by atoms with Crippen molar-refractivity contribution in [2.24, 2.45) is 0 Å². The minimum absolute atomic E-state index is 0.00510. The number of carbonyl (C=O) groups excluding carboxylic acids is 1. The predicted octanol–water partition coefficient (Wildman–Crippen LogP) is 2.90. The van der Waals surface area contributed by atoms with Gasteiger partial charge in [-0.3, -0.25) is 4.79 Å². The Balaban J connectivity index is 2.05. The van der Waals surface area contributed by atoms with Gasteiger partial charge >= 0.3 is 0 Å². The molecule has 0 unspecified atom stereocenters. The molecule has 0 saturated heterocycles. The highest BCUT2D eigenvalue weighted by molar-refractivity contribution is 6.09. The van der Waals surface area contributed by atoms with Crippen molar-refractivity contribution in [1.29, 1.82) is 0 Å². The van der Waals surface area contributed by atoms with Gasteiger partial charge in [-0.25, -0.2) is 0 Å². The molecule has 3 heteroatoms. The number of hydrogen-bond donors (Lipinski definition) is 1. The number of rotatable bonds is 6. The van der Waals surface area contributed by atoms with Gasteiger partial charge in [-0.15, -0.1) is 0 Å². The second kappa shape index (κ2) is 7.26. The minimum Gasteiger partial charge on any atom is -0.499 e. The van der Waals surface area contributed by atoms with Gasteiger partial charge in [-0.1, -0.05) is 54.6 Å². The maximum absolute atomic E-state index is 12.2. The molecule has 20 heavy (non-hydrogen) atoms. The third-order valence-corrected chi connectivity index (χ3v) is 2.77. The van der Waals surface area contributed by atoms with Crippen molar-refractivity contribution in [2.45, 2.75) is 0 Å². The first kappa shape index (κ1) is 14.0. The van der Waals surface area contributed by atoms with E-state index in [4.69, 9.17) is 9.84 Å². The Kier molecular flexibility index (Phi) is 5.09. The molecule has 0 heterocycles. The SMILES string of the molecule is O=C(c1ccccc1)c1ccc(/C=C/OCCO)cc1. The van der Waals surface area contributed by atoms with Crippen LogP contribution in [-0.4, -0.2) is 24.1 Å². The van der Waals surface area contributed by atoms with Crippen LogP contribution in [0.15, 0.2) is 60.9 Å². The molecule has 0 bridgehead atoms. The van der Waals surface area contributed by atoms with Crippen LogP contribution in [0.1, 0.15) is 21.5 Å². The fraction of sp³-hybridized carbons (Fsp3) is 0.118. The fourth-order valence-electron chi connectivity index (χ4n) is 1.75. The van der Waals surface area contributed by atoms with Gasteiger partial charge in [0, 0.05) is 11.1 Å². The number of aliphatic hydroxyl groups is 1. The Bertz CT molecular complexity index is 571. The lowest BCUT2D eigenvalue weighted by Crippen LogP contribution is -2.00. The highest BCUT2D eigenvalue weighted by Crippen LogP contribution is 2.11. The second-order valence-corrected chi connectivity index (χ2v) is 4.21. The summed E-state index contributed by atoms with van der Waals surface area (Å²) in [4.78, 5) is 12.2. The van der Waals surface area contributed by atoms with Crippen molar-refractivity contribution < 1.29 is 14.6 Å². The summed E-state index contributed by atoms with van der Waals surface area (Å²) in [7, 11) is 0. The molecule has 0 aliphatic heterocycles. The zero-order valence-electron chi connectivity index (χ0n) is 11.0. The molecule has 0 aliphatic rings. The molecule has 0 fully saturated rings. The highest BCUT2D eigenvalue weighted by Gasteiger charge is 2.07. The first-order valence-corrected chi connectivity index (χ1v) is 6.40. The summed E-state index contributed by atoms with van der Waals surface area (Å²) in [5, 5.41) is 8.57. The van der Waals surface area contributed by atoms with Gasteiger partial charge in [0.25, 0.3) is 0 Å². The number of ether oxygens (including phenoxy) is 1. The van der Waals surface area contributed by atoms with Gasteiger partial charge in [-0.05, 0) is 11.6 Å². The van der Waals surface area contributed by atoms with E-state index in [1.165, 1.54) is 6.26 Å². The number of carbonyl (C=O) groups is 1. The third-order valence-electron chi connectivity index (χ3n) is 2.77. The highest BCUT2D eigenvalue weighted by atomic mass is 16.5. The summed E-state index contributed by atoms with van der Waals surface area (Å²) in [5.74, 6) is 0.0117. The Labute approximate surface area is 118 Å². The van der Waals surface area contributed by atoms with Gasteiger partial charge in [0.15, 0.2) is 5.78 Å². The van der Waals surface area contributed by atoms with E-state index >= 15 is 0 Å². The van der Waals surface area contributed by atoms with Crippen LogP contribution in [-0.2, 0) is 4.74 Å². The number of benzene rings is 2. The lowest BCUT2D eigenvalue weighted by atomic mass is 10.0. The Hall–Kier alpha value is -2.39. The molecule has 2 aromatic carbocycles. The third kappa shape index (κ3) is 3.80. The lowest BCUT2D eigenvalue weighted by molar-refractivity contribution is 0.103. The van der Waals surface area contributed by atoms with Crippen LogP contribution in [0.5, 0.6) is 0 Å². The van der Waals surface area contributed by atoms with Crippen molar-refractivity contribution in [3.63, 3.8) is 0 Å². The molecule has 0 spiro atoms. The summed E-state index contributed by atoms with van der Waals surface area (Å²) in [6.45, 7) is 0.274. The van der Waals surface area contributed by atoms with Crippen LogP contribution in [0.2, 0.25) is 0 Å². The van der Waals surface area contributed by atoms with Gasteiger partial charge in [0.2, 0.25) is 0 Å². The zero-order chi connectivity index (χ0) is 14.2. The summed E-state index contributed by atoms with van der Waals surface area (Å²) < 4.78 is 5.04. The quantitative estimate of drug-likeness (QED) is 0.498. The molecule has 102 valence electrons. The average molecular weight is 268 g/mol. The zero-order valence-corrected chi connectivity index (χ0v) is 11.0. The van der Waals surface area contributed by atoms with Gasteiger partial charge in [0.1, 0.15) is 6.61 Å². The standard InChI is InChI=1S/C17H16O3/c18-11-13-20-12-10-14-6-8-16(9-7-14)17(19)15-4-2-1-3-5-15/h1-10,12,18H,11,13H2/b12-10+. The van der Waals surface area contributed by atoms with E-state index in [0.717, 1.165) is 5.56 Å². The molecule has 3 nitrogen and oxygen atoms in total. The summed E-state index contributed by atoms with van der Waals surface area (Å²) in [6, 6.07) is 16.5. The largest absolute Gasteiger partial charge is 0.499 e. The van der Waals surface area contributed by atoms with Crippen molar-refractivity contribution in [1.82, 2.24) is 0 Å². The normalized spacial score (nSPS) is 10.7. The minimum atomic E-state index is -0.00510. The van der Waals surface area contributed by atoms with Crippen molar-refractivity contribution >= 4 is 11.9 Å². The van der Waals surface area contributed by atoms with E-state index in [1.54, 1.807) is 30.3 Å². The summed E-state index contributed by atoms with van der Waals surface area (Å²) in [5.41, 5.74) is 2.28. The first-order valence-electron chi connectivity index (χ1n) is 6.40. The summed E-state index contributed by atoms with van der Waals surface area (Å²) >= 11 is 0. The second-order valence-electron chi connectivity index (χ2n) is 4.21. The maximum Gasteiger partial charge on any atom is 0.193 e. The number of hydrogen-bond acceptors (Lipinski definition) is 3. The van der Waals surface area contributed by atoms with Crippen molar-refractivity contribution in [2.75, 3.05) is 13.2 Å². The monoisotopic (exact) mass is 268 g/mol. The Morgan fingerprint density at radius 3 is 2.30 bits per heavy atom. The topological polar surface area (TPSA) is 46.5 Å². The maximum atomic E-state index is 12.2. The molecule has 0 aliphatic carbocycles. The van der Waals surface area contributed by atoms with Gasteiger partial charge in [0.05, 0.1) is 12.9 Å². The number of ketones is 1. The van der Waals surface area contributed by atoms with Crippen LogP contribution in [0.4, 0.5) is 0 Å². The number of aliphatic hydroxyl groups excluding tert-OH is 1. The molecule has 0 amide bonds. The molecule has 2 rings (SSSR count). The van der Waals surface area contributed by atoms with E-state index in [2.05, 4.69) is 0 Å². The van der Waals surface area contributed by atoms with Crippen LogP contribution in [0, 0.1) is 0 Å². The van der Waals surface area contributed by atoms with Gasteiger partial charge < -0.3 is 9.84 Å². The Morgan fingerprint density at radius 2 is 1.65 bits per heavy atom. The molecule has 0 atom stereocenters. The van der Waals surface area contributed by atoms with Crippen molar-refractivity contribution in [3.05, 3.63) is 77.5 Å². The molecule has 0 radical (unpaired) electrons. The van der Waals surface area contributed by atoms with E-state index in [0.29, 0.717) is 11.1 Å². The molecular weight excluding hydrogens is 252 g/mol. The van der Waals surface area contributed by atoms with E-state index in [9.17, 15) is 4.79 Å². The van der Waals surface area contributed by atoms with Gasteiger partial charge in [-0.2, -0.15) is 0 Å².